The van der Waals surface area contributed by atoms with E-state index in [1.165, 1.54) is 0 Å². The molecule has 18 heavy (non-hydrogen) atoms. The topological polar surface area (TPSA) is 88.8 Å². The van der Waals surface area contributed by atoms with Crippen LogP contribution in [0.5, 0.6) is 0 Å². The minimum atomic E-state index is 0.00457. The molecule has 0 spiro atoms. The molecule has 0 amide bonds. The molecule has 2 heterocycles. The molecule has 0 radical (unpaired) electrons. The molecule has 2 N–H and O–H groups in total. The van der Waals surface area contributed by atoms with Crippen molar-refractivity contribution in [2.24, 2.45) is 0 Å². The molecule has 0 unspecified atom stereocenters. The van der Waals surface area contributed by atoms with Crippen LogP contribution in [0.2, 0.25) is 0 Å². The third-order valence-corrected chi connectivity index (χ3v) is 2.02. The summed E-state index contributed by atoms with van der Waals surface area (Å²) in [5.41, 5.74) is 0.00457. The van der Waals surface area contributed by atoms with E-state index in [0.717, 1.165) is 0 Å². The number of anilines is 2. The molecule has 0 aliphatic heterocycles. The zero-order valence-corrected chi connectivity index (χ0v) is 10.6. The summed E-state index contributed by atoms with van der Waals surface area (Å²) >= 11 is 0. The second-order valence-corrected chi connectivity index (χ2v) is 4.80. The standard InChI is InChI=1S/C11H16N6O/c1-11(2,3)14-7-8-16-17-10(18-8)15-9-12-5-4-6-13-9/h4-6,14H,7H2,1-3H3,(H,12,13,15,17). The molecule has 2 rings (SSSR count). The summed E-state index contributed by atoms with van der Waals surface area (Å²) in [6.45, 7) is 6.73. The molecule has 2 aromatic heterocycles. The van der Waals surface area contributed by atoms with Crippen molar-refractivity contribution in [3.63, 3.8) is 0 Å². The van der Waals surface area contributed by atoms with Crippen molar-refractivity contribution in [3.8, 4) is 0 Å². The molecular weight excluding hydrogens is 232 g/mol. The van der Waals surface area contributed by atoms with E-state index in [1.807, 2.05) is 0 Å². The molecule has 0 aliphatic rings. The minimum Gasteiger partial charge on any atom is -0.406 e. The first-order chi connectivity index (χ1) is 8.53. The molecule has 96 valence electrons. The van der Waals surface area contributed by atoms with Crippen LogP contribution in [0.3, 0.4) is 0 Å². The van der Waals surface area contributed by atoms with Crippen molar-refractivity contribution in [2.45, 2.75) is 32.9 Å². The fourth-order valence-corrected chi connectivity index (χ4v) is 1.18. The average molecular weight is 248 g/mol. The number of rotatable bonds is 4. The van der Waals surface area contributed by atoms with E-state index in [-0.39, 0.29) is 11.6 Å². The summed E-state index contributed by atoms with van der Waals surface area (Å²) in [5.74, 6) is 0.944. The number of hydrogen-bond donors (Lipinski definition) is 2. The Balaban J connectivity index is 1.94. The maximum atomic E-state index is 5.41. The first-order valence-electron chi connectivity index (χ1n) is 5.64. The quantitative estimate of drug-likeness (QED) is 0.847. The third kappa shape index (κ3) is 3.77. The Kier molecular flexibility index (Phi) is 3.52. The molecule has 0 bridgehead atoms. The van der Waals surface area contributed by atoms with Gasteiger partial charge in [-0.1, -0.05) is 5.10 Å². The molecule has 0 aromatic carbocycles. The van der Waals surface area contributed by atoms with E-state index in [9.17, 15) is 0 Å². The highest BCUT2D eigenvalue weighted by molar-refractivity contribution is 5.38. The van der Waals surface area contributed by atoms with Gasteiger partial charge in [-0.25, -0.2) is 9.97 Å². The Hall–Kier alpha value is -2.02. The molecular formula is C11H16N6O. The van der Waals surface area contributed by atoms with Gasteiger partial charge < -0.3 is 9.73 Å². The lowest BCUT2D eigenvalue weighted by molar-refractivity contribution is 0.384. The Bertz CT molecular complexity index is 490. The summed E-state index contributed by atoms with van der Waals surface area (Å²) in [4.78, 5) is 8.01. The van der Waals surface area contributed by atoms with Crippen LogP contribution < -0.4 is 10.6 Å². The molecule has 7 heteroatoms. The number of aromatic nitrogens is 4. The van der Waals surface area contributed by atoms with Gasteiger partial charge in [0.25, 0.3) is 0 Å². The molecule has 0 saturated heterocycles. The van der Waals surface area contributed by atoms with Crippen molar-refractivity contribution < 1.29 is 4.42 Å². The molecule has 7 nitrogen and oxygen atoms in total. The van der Waals surface area contributed by atoms with Gasteiger partial charge in [-0.05, 0) is 26.8 Å². The normalized spacial score (nSPS) is 11.5. The van der Waals surface area contributed by atoms with Gasteiger partial charge in [0.15, 0.2) is 0 Å². The zero-order chi connectivity index (χ0) is 13.0. The summed E-state index contributed by atoms with van der Waals surface area (Å²) < 4.78 is 5.41. The Morgan fingerprint density at radius 3 is 2.56 bits per heavy atom. The largest absolute Gasteiger partial charge is 0.406 e. The predicted molar refractivity (Wildman–Crippen MR) is 66.2 cm³/mol. The van der Waals surface area contributed by atoms with Crippen LogP contribution in [-0.4, -0.2) is 25.7 Å². The van der Waals surface area contributed by atoms with E-state index < -0.39 is 0 Å². The van der Waals surface area contributed by atoms with E-state index in [2.05, 4.69) is 51.6 Å². The van der Waals surface area contributed by atoms with E-state index in [1.54, 1.807) is 18.5 Å². The highest BCUT2D eigenvalue weighted by Gasteiger charge is 2.12. The van der Waals surface area contributed by atoms with Gasteiger partial charge in [0.05, 0.1) is 6.54 Å². The van der Waals surface area contributed by atoms with Crippen LogP contribution in [0.15, 0.2) is 22.9 Å². The summed E-state index contributed by atoms with van der Waals surface area (Å²) in [6.07, 6.45) is 3.27. The minimum absolute atomic E-state index is 0.00457. The van der Waals surface area contributed by atoms with Crippen LogP contribution in [0, 0.1) is 0 Å². The van der Waals surface area contributed by atoms with Crippen LogP contribution in [0.1, 0.15) is 26.7 Å². The fraction of sp³-hybridized carbons (Fsp3) is 0.455. The zero-order valence-electron chi connectivity index (χ0n) is 10.6. The van der Waals surface area contributed by atoms with Crippen molar-refractivity contribution in [1.29, 1.82) is 0 Å². The molecule has 0 atom stereocenters. The van der Waals surface area contributed by atoms with Gasteiger partial charge in [-0.3, -0.25) is 5.32 Å². The number of nitrogens with one attached hydrogen (secondary N) is 2. The highest BCUT2D eigenvalue weighted by Crippen LogP contribution is 2.10. The van der Waals surface area contributed by atoms with Crippen LogP contribution >= 0.6 is 0 Å². The van der Waals surface area contributed by atoms with Crippen LogP contribution in [0.4, 0.5) is 12.0 Å². The Morgan fingerprint density at radius 1 is 1.17 bits per heavy atom. The lowest BCUT2D eigenvalue weighted by Gasteiger charge is -2.18. The lowest BCUT2D eigenvalue weighted by Crippen LogP contribution is -2.35. The molecule has 0 saturated carbocycles. The monoisotopic (exact) mass is 248 g/mol. The Labute approximate surface area is 105 Å². The summed E-state index contributed by atoms with van der Waals surface area (Å²) in [5, 5.41) is 13.9. The van der Waals surface area contributed by atoms with Gasteiger partial charge in [0, 0.05) is 17.9 Å². The maximum Gasteiger partial charge on any atom is 0.322 e. The fourth-order valence-electron chi connectivity index (χ4n) is 1.18. The highest BCUT2D eigenvalue weighted by atomic mass is 16.4. The van der Waals surface area contributed by atoms with Gasteiger partial charge in [-0.2, -0.15) is 0 Å². The lowest BCUT2D eigenvalue weighted by atomic mass is 10.1. The molecule has 0 fully saturated rings. The first kappa shape index (κ1) is 12.4. The molecule has 2 aromatic rings. The van der Waals surface area contributed by atoms with Crippen molar-refractivity contribution in [1.82, 2.24) is 25.5 Å². The third-order valence-electron chi connectivity index (χ3n) is 2.02. The first-order valence-corrected chi connectivity index (χ1v) is 5.64. The van der Waals surface area contributed by atoms with E-state index >= 15 is 0 Å². The van der Waals surface area contributed by atoms with Crippen molar-refractivity contribution in [2.75, 3.05) is 5.32 Å². The smallest absolute Gasteiger partial charge is 0.322 e. The van der Waals surface area contributed by atoms with Gasteiger partial charge in [-0.15, -0.1) is 5.10 Å². The van der Waals surface area contributed by atoms with Gasteiger partial charge >= 0.3 is 6.01 Å². The summed E-state index contributed by atoms with van der Waals surface area (Å²) in [7, 11) is 0. The second kappa shape index (κ2) is 5.09. The Morgan fingerprint density at radius 2 is 1.89 bits per heavy atom. The van der Waals surface area contributed by atoms with Crippen molar-refractivity contribution in [3.05, 3.63) is 24.4 Å². The predicted octanol–water partition coefficient (Wildman–Crippen LogP) is 1.49. The second-order valence-electron chi connectivity index (χ2n) is 4.80. The van der Waals surface area contributed by atoms with E-state index in [0.29, 0.717) is 18.4 Å². The number of hydrogen-bond acceptors (Lipinski definition) is 7. The van der Waals surface area contributed by atoms with Crippen LogP contribution in [-0.2, 0) is 6.54 Å². The van der Waals surface area contributed by atoms with Gasteiger partial charge in [0.2, 0.25) is 11.8 Å². The van der Waals surface area contributed by atoms with Crippen LogP contribution in [0.25, 0.3) is 0 Å². The molecule has 0 aliphatic carbocycles. The van der Waals surface area contributed by atoms with Crippen molar-refractivity contribution >= 4 is 12.0 Å². The van der Waals surface area contributed by atoms with E-state index in [4.69, 9.17) is 4.42 Å². The SMILES string of the molecule is CC(C)(C)NCc1nnc(Nc2ncccn2)o1. The average Bonchev–Trinajstić information content (AvgIpc) is 2.75. The maximum absolute atomic E-state index is 5.41. The van der Waals surface area contributed by atoms with Gasteiger partial charge in [0.1, 0.15) is 0 Å². The summed E-state index contributed by atoms with van der Waals surface area (Å²) in [6, 6.07) is 2.02. The number of nitrogens with zero attached hydrogens (tertiary/aromatic N) is 4.